The highest BCUT2D eigenvalue weighted by atomic mass is 16.5. The molecule has 1 N–H and O–H groups in total. The number of hydrogen-bond acceptors (Lipinski definition) is 2. The van der Waals surface area contributed by atoms with Crippen LogP contribution >= 0.6 is 0 Å². The van der Waals surface area contributed by atoms with Crippen LogP contribution in [-0.4, -0.2) is 11.7 Å². The summed E-state index contributed by atoms with van der Waals surface area (Å²) in [5.41, 5.74) is 2.84. The molecule has 206 valence electrons. The first-order valence-corrected chi connectivity index (χ1v) is 15.3. The maximum Gasteiger partial charge on any atom is 0.119 e. The van der Waals surface area contributed by atoms with Gasteiger partial charge in [-0.3, -0.25) is 0 Å². The summed E-state index contributed by atoms with van der Waals surface area (Å²) in [5, 5.41) is 9.57. The van der Waals surface area contributed by atoms with Gasteiger partial charge < -0.3 is 9.84 Å². The van der Waals surface area contributed by atoms with Crippen molar-refractivity contribution in [1.29, 1.82) is 0 Å². The molecule has 3 rings (SSSR count). The first-order chi connectivity index (χ1) is 18.8. The van der Waals surface area contributed by atoms with E-state index in [1.54, 1.807) is 12.1 Å². The zero-order valence-electron chi connectivity index (χ0n) is 23.7. The molecule has 0 amide bonds. The van der Waals surface area contributed by atoms with E-state index in [1.807, 2.05) is 12.1 Å². The van der Waals surface area contributed by atoms with Gasteiger partial charge in [-0.1, -0.05) is 138 Å². The van der Waals surface area contributed by atoms with Crippen LogP contribution in [-0.2, 0) is 0 Å². The van der Waals surface area contributed by atoms with Gasteiger partial charge in [0.25, 0.3) is 0 Å². The van der Waals surface area contributed by atoms with Crippen molar-refractivity contribution in [3.63, 3.8) is 0 Å². The Labute approximate surface area is 232 Å². The van der Waals surface area contributed by atoms with Crippen LogP contribution in [0.2, 0.25) is 0 Å². The lowest BCUT2D eigenvalue weighted by molar-refractivity contribution is 0.277. The van der Waals surface area contributed by atoms with E-state index in [2.05, 4.69) is 67.6 Å². The smallest absolute Gasteiger partial charge is 0.119 e. The number of phenols is 1. The maximum atomic E-state index is 9.57. The molecule has 0 aliphatic rings. The molecule has 38 heavy (non-hydrogen) atoms. The standard InChI is InChI=1S/C36H50O2/c1-2-3-4-5-6-7-8-9-10-13-19-32(31-20-14-11-15-21-31)24-18-25-34(33-22-16-12-17-23-33)30-38-36-28-26-35(37)27-29-36/h11-12,14-17,20-23,26-29,32,34,37H,2-10,13,18-19,24-25,30H2,1H3. The summed E-state index contributed by atoms with van der Waals surface area (Å²) < 4.78 is 6.15. The molecule has 3 aromatic rings. The predicted octanol–water partition coefficient (Wildman–Crippen LogP) is 10.8. The largest absolute Gasteiger partial charge is 0.508 e. The van der Waals surface area contributed by atoms with Crippen LogP contribution in [0, 0.1) is 0 Å². The summed E-state index contributed by atoms with van der Waals surface area (Å²) in [6.07, 6.45) is 18.7. The Morgan fingerprint density at radius 2 is 1.00 bits per heavy atom. The molecule has 0 aliphatic heterocycles. The van der Waals surface area contributed by atoms with Crippen LogP contribution in [0.25, 0.3) is 0 Å². The molecule has 2 nitrogen and oxygen atoms in total. The Balaban J connectivity index is 1.46. The highest BCUT2D eigenvalue weighted by Crippen LogP contribution is 2.31. The Bertz CT molecular complexity index is 952. The number of hydrogen-bond donors (Lipinski definition) is 1. The fraction of sp³-hybridized carbons (Fsp3) is 0.500. The molecule has 0 heterocycles. The predicted molar refractivity (Wildman–Crippen MR) is 162 cm³/mol. The molecule has 2 unspecified atom stereocenters. The second-order valence-electron chi connectivity index (χ2n) is 10.9. The van der Waals surface area contributed by atoms with E-state index in [0.29, 0.717) is 18.4 Å². The van der Waals surface area contributed by atoms with E-state index < -0.39 is 0 Å². The summed E-state index contributed by atoms with van der Waals surface area (Å²) in [4.78, 5) is 0. The normalized spacial score (nSPS) is 12.8. The van der Waals surface area contributed by atoms with E-state index in [4.69, 9.17) is 4.74 Å². The topological polar surface area (TPSA) is 29.5 Å². The van der Waals surface area contributed by atoms with Gasteiger partial charge in [0.15, 0.2) is 0 Å². The molecule has 0 bridgehead atoms. The maximum absolute atomic E-state index is 9.57. The van der Waals surface area contributed by atoms with Gasteiger partial charge in [-0.05, 0) is 60.6 Å². The number of rotatable bonds is 20. The van der Waals surface area contributed by atoms with E-state index >= 15 is 0 Å². The Morgan fingerprint density at radius 1 is 0.526 bits per heavy atom. The van der Waals surface area contributed by atoms with Crippen molar-refractivity contribution < 1.29 is 9.84 Å². The third-order valence-corrected chi connectivity index (χ3v) is 7.84. The molecule has 2 atom stereocenters. The van der Waals surface area contributed by atoms with Gasteiger partial charge in [-0.2, -0.15) is 0 Å². The fourth-order valence-corrected chi connectivity index (χ4v) is 5.50. The molecule has 0 radical (unpaired) electrons. The van der Waals surface area contributed by atoms with E-state index in [-0.39, 0.29) is 5.75 Å². The Kier molecular flexibility index (Phi) is 14.5. The molecular formula is C36H50O2. The first-order valence-electron chi connectivity index (χ1n) is 15.3. The lowest BCUT2D eigenvalue weighted by Gasteiger charge is -2.21. The first kappa shape index (κ1) is 29.8. The molecule has 2 heteroatoms. The lowest BCUT2D eigenvalue weighted by Crippen LogP contribution is -2.11. The average molecular weight is 515 g/mol. The van der Waals surface area contributed by atoms with Gasteiger partial charge in [0.2, 0.25) is 0 Å². The number of phenolic OH excluding ortho intramolecular Hbond substituents is 1. The van der Waals surface area contributed by atoms with Gasteiger partial charge in [0.05, 0.1) is 6.61 Å². The molecule has 0 spiro atoms. The van der Waals surface area contributed by atoms with Crippen LogP contribution in [0.15, 0.2) is 84.9 Å². The fourth-order valence-electron chi connectivity index (χ4n) is 5.50. The average Bonchev–Trinajstić information content (AvgIpc) is 2.96. The number of ether oxygens (including phenoxy) is 1. The number of unbranched alkanes of at least 4 members (excludes halogenated alkanes) is 9. The minimum absolute atomic E-state index is 0.270. The zero-order chi connectivity index (χ0) is 26.7. The molecule has 0 aromatic heterocycles. The van der Waals surface area contributed by atoms with Gasteiger partial charge in [-0.15, -0.1) is 0 Å². The zero-order valence-corrected chi connectivity index (χ0v) is 23.7. The van der Waals surface area contributed by atoms with E-state index in [1.165, 1.54) is 94.6 Å². The minimum Gasteiger partial charge on any atom is -0.508 e. The summed E-state index contributed by atoms with van der Waals surface area (Å²) in [7, 11) is 0. The quantitative estimate of drug-likeness (QED) is 0.152. The summed E-state index contributed by atoms with van der Waals surface area (Å²) in [5.74, 6) is 2.08. The van der Waals surface area contributed by atoms with Gasteiger partial charge in [-0.25, -0.2) is 0 Å². The van der Waals surface area contributed by atoms with Crippen LogP contribution < -0.4 is 4.74 Å². The van der Waals surface area contributed by atoms with Crippen molar-refractivity contribution in [2.45, 2.75) is 109 Å². The van der Waals surface area contributed by atoms with Crippen molar-refractivity contribution in [3.05, 3.63) is 96.1 Å². The van der Waals surface area contributed by atoms with Gasteiger partial charge >= 0.3 is 0 Å². The third-order valence-electron chi connectivity index (χ3n) is 7.84. The minimum atomic E-state index is 0.270. The monoisotopic (exact) mass is 514 g/mol. The highest BCUT2D eigenvalue weighted by Gasteiger charge is 2.16. The van der Waals surface area contributed by atoms with Crippen molar-refractivity contribution in [3.8, 4) is 11.5 Å². The van der Waals surface area contributed by atoms with Crippen molar-refractivity contribution >= 4 is 0 Å². The second-order valence-corrected chi connectivity index (χ2v) is 10.9. The molecule has 3 aromatic carbocycles. The SMILES string of the molecule is CCCCCCCCCCCCC(CCCC(COc1ccc(O)cc1)c1ccccc1)c1ccccc1. The summed E-state index contributed by atoms with van der Waals surface area (Å²) in [6, 6.07) is 29.0. The number of aromatic hydroxyl groups is 1. The van der Waals surface area contributed by atoms with Crippen molar-refractivity contribution in [1.82, 2.24) is 0 Å². The van der Waals surface area contributed by atoms with Crippen LogP contribution in [0.4, 0.5) is 0 Å². The molecule has 0 saturated heterocycles. The third kappa shape index (κ3) is 11.8. The van der Waals surface area contributed by atoms with Crippen LogP contribution in [0.5, 0.6) is 11.5 Å². The van der Waals surface area contributed by atoms with Crippen molar-refractivity contribution in [2.75, 3.05) is 6.61 Å². The van der Waals surface area contributed by atoms with Crippen molar-refractivity contribution in [2.24, 2.45) is 0 Å². The van der Waals surface area contributed by atoms with Crippen LogP contribution in [0.3, 0.4) is 0 Å². The Morgan fingerprint density at radius 3 is 1.58 bits per heavy atom. The second kappa shape index (κ2) is 18.5. The summed E-state index contributed by atoms with van der Waals surface area (Å²) >= 11 is 0. The van der Waals surface area contributed by atoms with Crippen LogP contribution in [0.1, 0.15) is 120 Å². The highest BCUT2D eigenvalue weighted by molar-refractivity contribution is 5.30. The van der Waals surface area contributed by atoms with Gasteiger partial charge in [0, 0.05) is 5.92 Å². The van der Waals surface area contributed by atoms with Gasteiger partial charge in [0.1, 0.15) is 11.5 Å². The summed E-state index contributed by atoms with van der Waals surface area (Å²) in [6.45, 7) is 2.95. The number of benzene rings is 3. The molecular weight excluding hydrogens is 464 g/mol. The molecule has 0 fully saturated rings. The lowest BCUT2D eigenvalue weighted by atomic mass is 9.86. The van der Waals surface area contributed by atoms with E-state index in [0.717, 1.165) is 12.2 Å². The Hall–Kier alpha value is -2.74. The molecule has 0 aliphatic carbocycles. The molecule has 0 saturated carbocycles. The van der Waals surface area contributed by atoms with E-state index in [9.17, 15) is 5.11 Å².